The van der Waals surface area contributed by atoms with Crippen LogP contribution in [0.15, 0.2) is 18.2 Å². The highest BCUT2D eigenvalue weighted by Gasteiger charge is 2.17. The van der Waals surface area contributed by atoms with Gasteiger partial charge in [-0.05, 0) is 63.5 Å². The van der Waals surface area contributed by atoms with Crippen molar-refractivity contribution in [3.05, 3.63) is 23.8 Å². The molecule has 1 heterocycles. The van der Waals surface area contributed by atoms with Crippen LogP contribution in [0.4, 0.5) is 0 Å². The van der Waals surface area contributed by atoms with E-state index >= 15 is 0 Å². The highest BCUT2D eigenvalue weighted by Crippen LogP contribution is 2.33. The fourth-order valence-electron chi connectivity index (χ4n) is 2.76. The van der Waals surface area contributed by atoms with Crippen LogP contribution in [0, 0.1) is 0 Å². The van der Waals surface area contributed by atoms with E-state index in [1.54, 1.807) is 7.11 Å². The Hall–Kier alpha value is -1.26. The highest BCUT2D eigenvalue weighted by molar-refractivity contribution is 5.44. The molecule has 0 saturated carbocycles. The molecule has 0 radical (unpaired) electrons. The van der Waals surface area contributed by atoms with E-state index in [1.165, 1.54) is 18.4 Å². The van der Waals surface area contributed by atoms with Crippen molar-refractivity contribution < 1.29 is 9.47 Å². The van der Waals surface area contributed by atoms with Crippen LogP contribution in [0.5, 0.6) is 11.5 Å². The highest BCUT2D eigenvalue weighted by atomic mass is 16.5. The predicted octanol–water partition coefficient (Wildman–Crippen LogP) is 2.49. The SMILES string of the molecule is COc1cc(C2CCCNC2)ccc1OCCCN(C)C. The summed E-state index contributed by atoms with van der Waals surface area (Å²) < 4.78 is 11.4. The largest absolute Gasteiger partial charge is 0.493 e. The average Bonchev–Trinajstić information content (AvgIpc) is 2.52. The number of nitrogens with zero attached hydrogens (tertiary/aromatic N) is 1. The second kappa shape index (κ2) is 8.25. The van der Waals surface area contributed by atoms with Gasteiger partial charge >= 0.3 is 0 Å². The summed E-state index contributed by atoms with van der Waals surface area (Å²) in [6, 6.07) is 6.37. The van der Waals surface area contributed by atoms with Crippen molar-refractivity contribution in [2.24, 2.45) is 0 Å². The van der Waals surface area contributed by atoms with Crippen LogP contribution < -0.4 is 14.8 Å². The van der Waals surface area contributed by atoms with E-state index in [9.17, 15) is 0 Å². The molecule has 2 rings (SSSR count). The first kappa shape index (κ1) is 16.1. The molecule has 0 aromatic heterocycles. The molecule has 1 saturated heterocycles. The zero-order valence-electron chi connectivity index (χ0n) is 13.5. The van der Waals surface area contributed by atoms with Crippen molar-refractivity contribution in [3.63, 3.8) is 0 Å². The summed E-state index contributed by atoms with van der Waals surface area (Å²) in [6.07, 6.45) is 3.51. The molecule has 1 N–H and O–H groups in total. The van der Waals surface area contributed by atoms with Crippen LogP contribution in [0.1, 0.15) is 30.7 Å². The summed E-state index contributed by atoms with van der Waals surface area (Å²) in [7, 11) is 5.87. The molecule has 1 fully saturated rings. The number of ether oxygens (including phenoxy) is 2. The molecule has 1 aliphatic rings. The van der Waals surface area contributed by atoms with E-state index in [0.29, 0.717) is 5.92 Å². The van der Waals surface area contributed by atoms with Crippen LogP contribution in [0.25, 0.3) is 0 Å². The van der Waals surface area contributed by atoms with E-state index in [4.69, 9.17) is 9.47 Å². The Kier molecular flexibility index (Phi) is 6.33. The first-order valence-electron chi connectivity index (χ1n) is 7.87. The maximum Gasteiger partial charge on any atom is 0.161 e. The summed E-state index contributed by atoms with van der Waals surface area (Å²) in [6.45, 7) is 3.96. The number of piperidine rings is 1. The van der Waals surface area contributed by atoms with Crippen LogP contribution in [-0.2, 0) is 0 Å². The molecule has 4 nitrogen and oxygen atoms in total. The minimum absolute atomic E-state index is 0.593. The maximum absolute atomic E-state index is 5.85. The first-order valence-corrected chi connectivity index (χ1v) is 7.87. The van der Waals surface area contributed by atoms with Crippen LogP contribution in [0.2, 0.25) is 0 Å². The van der Waals surface area contributed by atoms with Crippen molar-refractivity contribution >= 4 is 0 Å². The van der Waals surface area contributed by atoms with Gasteiger partial charge in [-0.2, -0.15) is 0 Å². The maximum atomic E-state index is 5.85. The molecule has 1 aromatic carbocycles. The topological polar surface area (TPSA) is 33.7 Å². The van der Waals surface area contributed by atoms with Crippen molar-refractivity contribution in [1.82, 2.24) is 10.2 Å². The lowest BCUT2D eigenvalue weighted by Crippen LogP contribution is -2.28. The van der Waals surface area contributed by atoms with E-state index in [2.05, 4.69) is 42.5 Å². The Morgan fingerprint density at radius 3 is 2.81 bits per heavy atom. The van der Waals surface area contributed by atoms with Crippen LogP contribution in [-0.4, -0.2) is 52.3 Å². The molecule has 1 aliphatic heterocycles. The minimum atomic E-state index is 0.593. The van der Waals surface area contributed by atoms with Gasteiger partial charge in [-0.25, -0.2) is 0 Å². The molecule has 0 amide bonds. The van der Waals surface area contributed by atoms with E-state index in [1.807, 2.05) is 0 Å². The molecule has 0 aliphatic carbocycles. The molecule has 1 atom stereocenters. The summed E-state index contributed by atoms with van der Waals surface area (Å²) in [5, 5.41) is 3.46. The number of methoxy groups -OCH3 is 1. The summed E-state index contributed by atoms with van der Waals surface area (Å²) >= 11 is 0. The molecule has 0 spiro atoms. The van der Waals surface area contributed by atoms with Gasteiger partial charge in [-0.15, -0.1) is 0 Å². The number of benzene rings is 1. The van der Waals surface area contributed by atoms with Gasteiger partial charge in [0, 0.05) is 13.1 Å². The molecule has 118 valence electrons. The van der Waals surface area contributed by atoms with Crippen molar-refractivity contribution in [3.8, 4) is 11.5 Å². The van der Waals surface area contributed by atoms with Crippen LogP contribution in [0.3, 0.4) is 0 Å². The Balaban J connectivity index is 1.95. The van der Waals surface area contributed by atoms with E-state index in [0.717, 1.165) is 44.2 Å². The zero-order valence-corrected chi connectivity index (χ0v) is 13.5. The van der Waals surface area contributed by atoms with Gasteiger partial charge in [0.1, 0.15) is 0 Å². The fourth-order valence-corrected chi connectivity index (χ4v) is 2.76. The summed E-state index contributed by atoms with van der Waals surface area (Å²) in [5.74, 6) is 2.29. The lowest BCUT2D eigenvalue weighted by molar-refractivity contribution is 0.268. The van der Waals surface area contributed by atoms with Gasteiger partial charge in [0.25, 0.3) is 0 Å². The quantitative estimate of drug-likeness (QED) is 0.783. The Morgan fingerprint density at radius 2 is 2.14 bits per heavy atom. The predicted molar refractivity (Wildman–Crippen MR) is 86.5 cm³/mol. The Morgan fingerprint density at radius 1 is 1.29 bits per heavy atom. The van der Waals surface area contributed by atoms with E-state index < -0.39 is 0 Å². The van der Waals surface area contributed by atoms with Gasteiger partial charge in [-0.3, -0.25) is 0 Å². The molecule has 4 heteroatoms. The van der Waals surface area contributed by atoms with Crippen LogP contribution >= 0.6 is 0 Å². The third-order valence-corrected chi connectivity index (χ3v) is 3.96. The summed E-state index contributed by atoms with van der Waals surface area (Å²) in [4.78, 5) is 2.17. The minimum Gasteiger partial charge on any atom is -0.493 e. The average molecular weight is 292 g/mol. The molecule has 21 heavy (non-hydrogen) atoms. The Bertz CT molecular complexity index is 429. The van der Waals surface area contributed by atoms with Crippen molar-refractivity contribution in [1.29, 1.82) is 0 Å². The van der Waals surface area contributed by atoms with Gasteiger partial charge in [-0.1, -0.05) is 6.07 Å². The Labute approximate surface area is 128 Å². The third-order valence-electron chi connectivity index (χ3n) is 3.96. The lowest BCUT2D eigenvalue weighted by atomic mass is 9.91. The molecular formula is C17H28N2O2. The molecule has 1 unspecified atom stereocenters. The fraction of sp³-hybridized carbons (Fsp3) is 0.647. The molecule has 1 aromatic rings. The number of rotatable bonds is 7. The first-order chi connectivity index (χ1) is 10.2. The zero-order chi connectivity index (χ0) is 15.1. The van der Waals surface area contributed by atoms with Crippen molar-refractivity contribution in [2.45, 2.75) is 25.2 Å². The van der Waals surface area contributed by atoms with Crippen molar-refractivity contribution in [2.75, 3.05) is 47.4 Å². The lowest BCUT2D eigenvalue weighted by Gasteiger charge is -2.24. The van der Waals surface area contributed by atoms with Gasteiger partial charge in [0.05, 0.1) is 13.7 Å². The van der Waals surface area contributed by atoms with Gasteiger partial charge < -0.3 is 19.7 Å². The second-order valence-corrected chi connectivity index (χ2v) is 5.96. The smallest absolute Gasteiger partial charge is 0.161 e. The van der Waals surface area contributed by atoms with Gasteiger partial charge in [0.15, 0.2) is 11.5 Å². The second-order valence-electron chi connectivity index (χ2n) is 5.96. The normalized spacial score (nSPS) is 18.8. The standard InChI is InChI=1S/C17H28N2O2/c1-19(2)10-5-11-21-16-8-7-14(12-17(16)20-3)15-6-4-9-18-13-15/h7-8,12,15,18H,4-6,9-11,13H2,1-3H3. The monoisotopic (exact) mass is 292 g/mol. The van der Waals surface area contributed by atoms with E-state index in [-0.39, 0.29) is 0 Å². The number of nitrogens with one attached hydrogen (secondary N) is 1. The molecular weight excluding hydrogens is 264 g/mol. The molecule has 0 bridgehead atoms. The number of hydrogen-bond acceptors (Lipinski definition) is 4. The summed E-state index contributed by atoms with van der Waals surface area (Å²) in [5.41, 5.74) is 1.35. The number of hydrogen-bond donors (Lipinski definition) is 1. The third kappa shape index (κ3) is 4.90. The van der Waals surface area contributed by atoms with Gasteiger partial charge in [0.2, 0.25) is 0 Å².